The number of unbranched alkanes of at least 4 members (excludes halogenated alkanes) is 4. The van der Waals surface area contributed by atoms with E-state index in [-0.39, 0.29) is 30.7 Å². The van der Waals surface area contributed by atoms with Gasteiger partial charge in [-0.15, -0.1) is 0 Å². The number of fused-ring (bicyclic) bond motifs is 2. The molecule has 0 aliphatic carbocycles. The maximum Gasteiger partial charge on any atom is 0.255 e. The highest BCUT2D eigenvalue weighted by Gasteiger charge is 2.40. The van der Waals surface area contributed by atoms with Gasteiger partial charge in [-0.3, -0.25) is 34.4 Å². The van der Waals surface area contributed by atoms with E-state index in [1.807, 2.05) is 11.0 Å². The number of rotatable bonds is 19. The molecule has 0 bridgehead atoms. The van der Waals surface area contributed by atoms with Crippen molar-refractivity contribution in [3.63, 3.8) is 0 Å². The summed E-state index contributed by atoms with van der Waals surface area (Å²) in [7, 11) is 3.08. The fourth-order valence-electron chi connectivity index (χ4n) is 8.24. The molecule has 0 saturated carbocycles. The number of anilines is 2. The van der Waals surface area contributed by atoms with Crippen molar-refractivity contribution in [2.45, 2.75) is 70.4 Å². The van der Waals surface area contributed by atoms with Gasteiger partial charge in [-0.05, 0) is 49.9 Å². The van der Waals surface area contributed by atoms with E-state index in [1.54, 1.807) is 43.5 Å². The molecular weight excluding hydrogens is 849 g/mol. The minimum atomic E-state index is -0.658. The molecule has 0 radical (unpaired) electrons. The molecule has 17 heteroatoms. The van der Waals surface area contributed by atoms with Crippen molar-refractivity contribution in [1.82, 2.24) is 25.0 Å². The number of hydrogen-bond donors (Lipinski definition) is 2. The standard InChI is InChI=1S/C46H51Cl2N7O8/c1-60-39-25-36(33(47)23-34(39)48)51-44-29(26-49)27-50-35-24-41(40(61-2)22-31(35)44)63-21-9-15-53-16-18-54(19-17-53)43(57)12-6-4-3-5-7-20-62-38-11-8-10-30-32(38)28-55(46(30)59)37-13-14-42(56)52-45(37)58/h8,10-11,22-25,27,37H,3-7,9,12-21,28H2,1-2H3,(H,50,51)(H,52,56,58). The third kappa shape index (κ3) is 10.7. The fraction of sp³-hybridized carbons (Fsp3) is 0.435. The Labute approximate surface area is 376 Å². The summed E-state index contributed by atoms with van der Waals surface area (Å²) in [6, 6.07) is 13.8. The molecule has 63 heavy (non-hydrogen) atoms. The lowest BCUT2D eigenvalue weighted by atomic mass is 10.0. The number of aromatic nitrogens is 1. The molecule has 7 rings (SSSR count). The van der Waals surface area contributed by atoms with E-state index < -0.39 is 11.9 Å². The van der Waals surface area contributed by atoms with Crippen molar-refractivity contribution in [3.8, 4) is 29.1 Å². The summed E-state index contributed by atoms with van der Waals surface area (Å²) in [6.07, 6.45) is 7.98. The number of nitrogens with zero attached hydrogens (tertiary/aromatic N) is 5. The number of pyridine rings is 1. The van der Waals surface area contributed by atoms with Gasteiger partial charge in [0.2, 0.25) is 17.7 Å². The van der Waals surface area contributed by atoms with Crippen LogP contribution in [-0.2, 0) is 20.9 Å². The summed E-state index contributed by atoms with van der Waals surface area (Å²) >= 11 is 12.7. The Hall–Kier alpha value is -5.82. The number of hydrogen-bond acceptors (Lipinski definition) is 12. The zero-order valence-electron chi connectivity index (χ0n) is 35.5. The normalized spacial score (nSPS) is 16.4. The number of halogens is 2. The lowest BCUT2D eigenvalue weighted by molar-refractivity contribution is -0.137. The number of nitrogens with one attached hydrogen (secondary N) is 2. The van der Waals surface area contributed by atoms with Gasteiger partial charge in [0.15, 0.2) is 11.5 Å². The molecule has 1 atom stereocenters. The molecule has 332 valence electrons. The van der Waals surface area contributed by atoms with E-state index in [2.05, 4.69) is 26.6 Å². The van der Waals surface area contributed by atoms with Gasteiger partial charge in [-0.25, -0.2) is 0 Å². The summed E-state index contributed by atoms with van der Waals surface area (Å²) in [5.74, 6) is 1.37. The summed E-state index contributed by atoms with van der Waals surface area (Å²) in [5.41, 5.74) is 3.26. The van der Waals surface area contributed by atoms with Crippen LogP contribution < -0.4 is 29.6 Å². The Balaban J connectivity index is 0.783. The smallest absolute Gasteiger partial charge is 0.255 e. The van der Waals surface area contributed by atoms with E-state index in [1.165, 1.54) is 18.2 Å². The molecular formula is C46H51Cl2N7O8. The minimum absolute atomic E-state index is 0.202. The highest BCUT2D eigenvalue weighted by atomic mass is 35.5. The van der Waals surface area contributed by atoms with Crippen molar-refractivity contribution in [2.75, 3.05) is 65.5 Å². The first-order valence-electron chi connectivity index (χ1n) is 21.3. The zero-order valence-corrected chi connectivity index (χ0v) is 37.0. The summed E-state index contributed by atoms with van der Waals surface area (Å²) in [4.78, 5) is 60.4. The van der Waals surface area contributed by atoms with Crippen LogP contribution in [0.5, 0.6) is 23.0 Å². The van der Waals surface area contributed by atoms with Gasteiger partial charge in [-0.2, -0.15) is 5.26 Å². The third-order valence-electron chi connectivity index (χ3n) is 11.7. The second kappa shape index (κ2) is 21.0. The van der Waals surface area contributed by atoms with Crippen LogP contribution in [0, 0.1) is 11.3 Å². The number of carbonyl (C=O) groups is 4. The number of nitriles is 1. The molecule has 4 heterocycles. The van der Waals surface area contributed by atoms with Gasteiger partial charge in [0, 0.05) is 80.4 Å². The van der Waals surface area contributed by atoms with Crippen LogP contribution in [0.1, 0.15) is 79.3 Å². The number of piperazine rings is 1. The molecule has 1 aromatic heterocycles. The third-order valence-corrected chi connectivity index (χ3v) is 12.3. The van der Waals surface area contributed by atoms with E-state index in [0.29, 0.717) is 106 Å². The molecule has 3 aliphatic heterocycles. The van der Waals surface area contributed by atoms with Crippen LogP contribution >= 0.6 is 23.2 Å². The SMILES string of the molecule is COc1cc(Nc2c(C#N)cnc3cc(OCCCN4CCN(C(=O)CCCCCCCOc5cccc6c5CN(C5CCC(=O)NC5=O)C6=O)CC4)c(OC)cc23)c(Cl)cc1Cl. The van der Waals surface area contributed by atoms with Crippen molar-refractivity contribution in [1.29, 1.82) is 5.26 Å². The highest BCUT2D eigenvalue weighted by molar-refractivity contribution is 6.37. The van der Waals surface area contributed by atoms with E-state index in [4.69, 9.17) is 42.1 Å². The lowest BCUT2D eigenvalue weighted by Gasteiger charge is -2.34. The van der Waals surface area contributed by atoms with Gasteiger partial charge < -0.3 is 34.1 Å². The first-order chi connectivity index (χ1) is 30.6. The molecule has 4 amide bonds. The molecule has 3 aliphatic rings. The van der Waals surface area contributed by atoms with Crippen LogP contribution in [0.4, 0.5) is 11.4 Å². The number of carbonyl (C=O) groups excluding carboxylic acids is 4. The Morgan fingerprint density at radius 3 is 2.40 bits per heavy atom. The second-order valence-electron chi connectivity index (χ2n) is 15.7. The Morgan fingerprint density at radius 2 is 1.63 bits per heavy atom. The summed E-state index contributed by atoms with van der Waals surface area (Å²) in [5, 5.41) is 16.9. The highest BCUT2D eigenvalue weighted by Crippen LogP contribution is 2.41. The Bertz CT molecular complexity index is 2400. The van der Waals surface area contributed by atoms with Crippen LogP contribution in [0.2, 0.25) is 10.0 Å². The molecule has 2 N–H and O–H groups in total. The maximum atomic E-state index is 13.1. The molecule has 4 aromatic rings. The predicted octanol–water partition coefficient (Wildman–Crippen LogP) is 7.27. The van der Waals surface area contributed by atoms with Gasteiger partial charge in [-0.1, -0.05) is 48.5 Å². The molecule has 1 unspecified atom stereocenters. The lowest BCUT2D eigenvalue weighted by Crippen LogP contribution is -2.52. The predicted molar refractivity (Wildman–Crippen MR) is 238 cm³/mol. The summed E-state index contributed by atoms with van der Waals surface area (Å²) in [6.45, 7) is 5.10. The average molecular weight is 901 g/mol. The van der Waals surface area contributed by atoms with Crippen molar-refractivity contribution >= 4 is 69.1 Å². The minimum Gasteiger partial charge on any atom is -0.495 e. The van der Waals surface area contributed by atoms with Crippen LogP contribution in [0.25, 0.3) is 10.9 Å². The largest absolute Gasteiger partial charge is 0.495 e. The monoisotopic (exact) mass is 899 g/mol. The van der Waals surface area contributed by atoms with Gasteiger partial charge in [0.1, 0.15) is 23.6 Å². The Kier molecular flexibility index (Phi) is 15.1. The first kappa shape index (κ1) is 45.2. The maximum absolute atomic E-state index is 13.1. The fourth-order valence-corrected chi connectivity index (χ4v) is 8.75. The number of methoxy groups -OCH3 is 2. The van der Waals surface area contributed by atoms with Crippen molar-refractivity contribution in [3.05, 3.63) is 75.4 Å². The first-order valence-corrected chi connectivity index (χ1v) is 22.1. The number of amides is 4. The second-order valence-corrected chi connectivity index (χ2v) is 16.6. The van der Waals surface area contributed by atoms with Crippen molar-refractivity contribution < 1.29 is 38.1 Å². The quantitative estimate of drug-likeness (QED) is 0.0713. The van der Waals surface area contributed by atoms with E-state index in [9.17, 15) is 24.4 Å². The number of ether oxygens (including phenoxy) is 4. The Morgan fingerprint density at radius 1 is 0.889 bits per heavy atom. The summed E-state index contributed by atoms with van der Waals surface area (Å²) < 4.78 is 23.3. The van der Waals surface area contributed by atoms with Gasteiger partial charge in [0.05, 0.1) is 66.5 Å². The average Bonchev–Trinajstić information content (AvgIpc) is 3.62. The van der Waals surface area contributed by atoms with Crippen LogP contribution in [0.15, 0.2) is 48.7 Å². The molecule has 3 aromatic carbocycles. The topological polar surface area (TPSA) is 176 Å². The molecule has 2 saturated heterocycles. The number of benzene rings is 3. The number of imide groups is 1. The number of piperidine rings is 1. The van der Waals surface area contributed by atoms with Crippen LogP contribution in [0.3, 0.4) is 0 Å². The van der Waals surface area contributed by atoms with E-state index in [0.717, 1.165) is 63.7 Å². The van der Waals surface area contributed by atoms with Crippen molar-refractivity contribution in [2.24, 2.45) is 0 Å². The molecule has 2 fully saturated rings. The molecule has 0 spiro atoms. The van der Waals surface area contributed by atoms with E-state index >= 15 is 0 Å². The van der Waals surface area contributed by atoms with Gasteiger partial charge in [0.25, 0.3) is 5.91 Å². The molecule has 15 nitrogen and oxygen atoms in total. The van der Waals surface area contributed by atoms with Gasteiger partial charge >= 0.3 is 0 Å². The zero-order chi connectivity index (χ0) is 44.5. The van der Waals surface area contributed by atoms with Crippen LogP contribution in [-0.4, -0.2) is 110 Å².